The van der Waals surface area contributed by atoms with Gasteiger partial charge in [0.05, 0.1) is 0 Å². The fraction of sp³-hybridized carbons (Fsp3) is 0.316. The highest BCUT2D eigenvalue weighted by molar-refractivity contribution is 5.83. The molecule has 0 unspecified atom stereocenters. The van der Waals surface area contributed by atoms with Crippen molar-refractivity contribution in [3.63, 3.8) is 0 Å². The van der Waals surface area contributed by atoms with Crippen LogP contribution in [0.5, 0.6) is 0 Å². The van der Waals surface area contributed by atoms with Gasteiger partial charge in [-0.25, -0.2) is 4.39 Å². The van der Waals surface area contributed by atoms with Crippen LogP contribution in [0.3, 0.4) is 0 Å². The summed E-state index contributed by atoms with van der Waals surface area (Å²) in [5.74, 6) is 0.598. The van der Waals surface area contributed by atoms with Crippen LogP contribution in [0.1, 0.15) is 12.5 Å². The zero-order chi connectivity index (χ0) is 17.5. The minimum absolute atomic E-state index is 0.222. The van der Waals surface area contributed by atoms with Gasteiger partial charge in [0.1, 0.15) is 5.82 Å². The van der Waals surface area contributed by atoms with Gasteiger partial charge in [-0.3, -0.25) is 4.99 Å². The first-order valence-electron chi connectivity index (χ1n) is 8.64. The zero-order valence-corrected chi connectivity index (χ0v) is 14.4. The molecule has 0 aliphatic rings. The Morgan fingerprint density at radius 1 is 1.24 bits per heavy atom. The molecule has 0 bridgehead atoms. The van der Waals surface area contributed by atoms with Crippen LogP contribution in [0.15, 0.2) is 53.9 Å². The third-order valence-corrected chi connectivity index (χ3v) is 4.05. The number of aromatic nitrogens is 2. The molecule has 0 saturated heterocycles. The molecule has 3 N–H and O–H groups in total. The molecule has 3 aromatic rings. The summed E-state index contributed by atoms with van der Waals surface area (Å²) in [4.78, 5) is 7.75. The number of aliphatic imine (C=N–C) groups is 1. The maximum Gasteiger partial charge on any atom is 0.191 e. The van der Waals surface area contributed by atoms with Crippen LogP contribution in [-0.4, -0.2) is 35.1 Å². The van der Waals surface area contributed by atoms with Crippen LogP contribution < -0.4 is 10.6 Å². The minimum atomic E-state index is -0.222. The van der Waals surface area contributed by atoms with E-state index in [-0.39, 0.29) is 5.82 Å². The second-order valence-electron chi connectivity index (χ2n) is 5.86. The lowest BCUT2D eigenvalue weighted by atomic mass is 10.1. The Morgan fingerprint density at radius 3 is 2.88 bits per heavy atom. The highest BCUT2D eigenvalue weighted by Gasteiger charge is 2.04. The summed E-state index contributed by atoms with van der Waals surface area (Å²) in [6.45, 7) is 5.25. The first-order chi connectivity index (χ1) is 12.3. The van der Waals surface area contributed by atoms with E-state index in [2.05, 4.69) is 32.1 Å². The topological polar surface area (TPSA) is 57.1 Å². The van der Waals surface area contributed by atoms with Gasteiger partial charge in [-0.1, -0.05) is 0 Å². The van der Waals surface area contributed by atoms with Crippen molar-refractivity contribution in [2.45, 2.75) is 19.9 Å². The van der Waals surface area contributed by atoms with Gasteiger partial charge in [-0.2, -0.15) is 0 Å². The third kappa shape index (κ3) is 4.62. The molecular weight excluding hydrogens is 317 g/mol. The maximum absolute atomic E-state index is 13.2. The van der Waals surface area contributed by atoms with Gasteiger partial charge in [0.15, 0.2) is 5.96 Å². The molecule has 0 fully saturated rings. The molecular formula is C19H24FN5. The molecule has 1 aromatic carbocycles. The summed E-state index contributed by atoms with van der Waals surface area (Å²) in [6.07, 6.45) is 6.84. The van der Waals surface area contributed by atoms with Gasteiger partial charge in [-0.05, 0) is 49.2 Å². The van der Waals surface area contributed by atoms with Crippen molar-refractivity contribution in [1.82, 2.24) is 20.2 Å². The van der Waals surface area contributed by atoms with Gasteiger partial charge in [0.25, 0.3) is 0 Å². The van der Waals surface area contributed by atoms with Crippen LogP contribution in [0.2, 0.25) is 0 Å². The smallest absolute Gasteiger partial charge is 0.191 e. The summed E-state index contributed by atoms with van der Waals surface area (Å²) >= 11 is 0. The molecule has 25 heavy (non-hydrogen) atoms. The molecule has 3 rings (SSSR count). The molecule has 2 aromatic heterocycles. The summed E-state index contributed by atoms with van der Waals surface area (Å²) in [5, 5.41) is 7.66. The van der Waals surface area contributed by atoms with Crippen molar-refractivity contribution < 1.29 is 4.39 Å². The lowest BCUT2D eigenvalue weighted by Gasteiger charge is -2.11. The van der Waals surface area contributed by atoms with Crippen LogP contribution in [0, 0.1) is 5.82 Å². The fourth-order valence-electron chi connectivity index (χ4n) is 2.82. The second kappa shape index (κ2) is 8.37. The Kier molecular flexibility index (Phi) is 5.72. The molecule has 0 atom stereocenters. The van der Waals surface area contributed by atoms with Gasteiger partial charge < -0.3 is 20.2 Å². The lowest BCUT2D eigenvalue weighted by Crippen LogP contribution is -2.39. The number of nitrogens with one attached hydrogen (secondary N) is 3. The molecule has 0 amide bonds. The van der Waals surface area contributed by atoms with E-state index in [4.69, 9.17) is 0 Å². The molecule has 2 heterocycles. The summed E-state index contributed by atoms with van der Waals surface area (Å²) < 4.78 is 15.4. The third-order valence-electron chi connectivity index (χ3n) is 4.05. The van der Waals surface area contributed by atoms with E-state index in [1.165, 1.54) is 12.1 Å². The van der Waals surface area contributed by atoms with Crippen LogP contribution >= 0.6 is 0 Å². The van der Waals surface area contributed by atoms with Crippen molar-refractivity contribution >= 4 is 16.9 Å². The molecule has 0 aliphatic heterocycles. The highest BCUT2D eigenvalue weighted by Crippen LogP contribution is 2.19. The number of fused-ring (bicyclic) bond motifs is 1. The average Bonchev–Trinajstić information content (AvgIpc) is 3.24. The Balaban J connectivity index is 1.55. The van der Waals surface area contributed by atoms with Crippen LogP contribution in [-0.2, 0) is 13.0 Å². The first kappa shape index (κ1) is 17.1. The minimum Gasteiger partial charge on any atom is -0.361 e. The Hall–Kier alpha value is -2.76. The van der Waals surface area contributed by atoms with Crippen molar-refractivity contribution in [1.29, 1.82) is 0 Å². The maximum atomic E-state index is 13.2. The van der Waals surface area contributed by atoms with Gasteiger partial charge >= 0.3 is 0 Å². The van der Waals surface area contributed by atoms with Gasteiger partial charge in [0.2, 0.25) is 0 Å². The standard InChI is InChI=1S/C19H24FN5/c1-2-21-19(23-9-12-25-10-3-4-11-25)22-8-7-15-14-24-18-13-16(20)5-6-17(15)18/h3-6,10-11,13-14,24H,2,7-9,12H2,1H3,(H2,21,22,23). The predicted molar refractivity (Wildman–Crippen MR) is 100 cm³/mol. The van der Waals surface area contributed by atoms with Crippen molar-refractivity contribution in [2.75, 3.05) is 19.6 Å². The molecule has 0 spiro atoms. The number of H-pyrrole nitrogens is 1. The number of hydrogen-bond acceptors (Lipinski definition) is 1. The zero-order valence-electron chi connectivity index (χ0n) is 14.4. The Labute approximate surface area is 147 Å². The number of halogens is 1. The number of benzene rings is 1. The number of hydrogen-bond donors (Lipinski definition) is 3. The monoisotopic (exact) mass is 341 g/mol. The number of rotatable bonds is 7. The lowest BCUT2D eigenvalue weighted by molar-refractivity contribution is 0.629. The van der Waals surface area contributed by atoms with Crippen molar-refractivity contribution in [3.8, 4) is 0 Å². The van der Waals surface area contributed by atoms with Gasteiger partial charge in [-0.15, -0.1) is 0 Å². The molecule has 0 aliphatic carbocycles. The highest BCUT2D eigenvalue weighted by atomic mass is 19.1. The van der Waals surface area contributed by atoms with Crippen LogP contribution in [0.25, 0.3) is 10.9 Å². The SMILES string of the molecule is CCNC(=NCCc1c[nH]c2cc(F)ccc12)NCCn1cccc1. The van der Waals surface area contributed by atoms with E-state index in [9.17, 15) is 4.39 Å². The molecule has 5 nitrogen and oxygen atoms in total. The quantitative estimate of drug-likeness (QED) is 0.457. The van der Waals surface area contributed by atoms with E-state index in [1.807, 2.05) is 36.8 Å². The normalized spacial score (nSPS) is 11.8. The fourth-order valence-corrected chi connectivity index (χ4v) is 2.82. The van der Waals surface area contributed by atoms with Crippen LogP contribution in [0.4, 0.5) is 4.39 Å². The van der Waals surface area contributed by atoms with Gasteiger partial charge in [0, 0.05) is 55.7 Å². The number of guanidine groups is 1. The molecule has 6 heteroatoms. The second-order valence-corrected chi connectivity index (χ2v) is 5.86. The molecule has 132 valence electrons. The van der Waals surface area contributed by atoms with E-state index in [0.717, 1.165) is 48.5 Å². The van der Waals surface area contributed by atoms with Crippen molar-refractivity contribution in [3.05, 3.63) is 60.3 Å². The van der Waals surface area contributed by atoms with Crippen molar-refractivity contribution in [2.24, 2.45) is 4.99 Å². The van der Waals surface area contributed by atoms with E-state index in [0.29, 0.717) is 6.54 Å². The first-order valence-corrected chi connectivity index (χ1v) is 8.64. The summed E-state index contributed by atoms with van der Waals surface area (Å²) in [7, 11) is 0. The number of aromatic amines is 1. The summed E-state index contributed by atoms with van der Waals surface area (Å²) in [5.41, 5.74) is 1.98. The van der Waals surface area contributed by atoms with E-state index >= 15 is 0 Å². The largest absolute Gasteiger partial charge is 0.361 e. The number of nitrogens with zero attached hydrogens (tertiary/aromatic N) is 2. The average molecular weight is 341 g/mol. The molecule has 0 saturated carbocycles. The van der Waals surface area contributed by atoms with E-state index < -0.39 is 0 Å². The Bertz CT molecular complexity index is 820. The molecule has 0 radical (unpaired) electrons. The van der Waals surface area contributed by atoms with E-state index in [1.54, 1.807) is 0 Å². The summed E-state index contributed by atoms with van der Waals surface area (Å²) in [6, 6.07) is 8.88. The Morgan fingerprint density at radius 2 is 2.08 bits per heavy atom. The predicted octanol–water partition coefficient (Wildman–Crippen LogP) is 2.91.